The normalized spacial score (nSPS) is 28.0. The van der Waals surface area contributed by atoms with Crippen LogP contribution in [0.4, 0.5) is 0 Å². The zero-order valence-electron chi connectivity index (χ0n) is 14.8. The van der Waals surface area contributed by atoms with Crippen molar-refractivity contribution >= 4 is 9.84 Å². The van der Waals surface area contributed by atoms with Crippen LogP contribution in [0.1, 0.15) is 67.2 Å². The summed E-state index contributed by atoms with van der Waals surface area (Å²) in [6.07, 6.45) is 4.45. The maximum Gasteiger partial charge on any atom is 0.155 e. The van der Waals surface area contributed by atoms with E-state index >= 15 is 0 Å². The van der Waals surface area contributed by atoms with E-state index in [1.54, 1.807) is 0 Å². The highest BCUT2D eigenvalue weighted by Crippen LogP contribution is 2.36. The molecule has 1 aliphatic rings. The maximum absolute atomic E-state index is 12.4. The van der Waals surface area contributed by atoms with Crippen molar-refractivity contribution in [3.63, 3.8) is 0 Å². The second kappa shape index (κ2) is 7.45. The highest BCUT2D eigenvalue weighted by atomic mass is 32.2. The molecule has 3 atom stereocenters. The fourth-order valence-electron chi connectivity index (χ4n) is 3.37. The Bertz CT molecular complexity index is 409. The molecular formula is C17H35NO2S. The third-order valence-corrected chi connectivity index (χ3v) is 7.76. The highest BCUT2D eigenvalue weighted by molar-refractivity contribution is 7.92. The van der Waals surface area contributed by atoms with Gasteiger partial charge in [-0.05, 0) is 70.8 Å². The van der Waals surface area contributed by atoms with Crippen molar-refractivity contribution in [2.75, 3.05) is 12.3 Å². The molecule has 0 aromatic rings. The summed E-state index contributed by atoms with van der Waals surface area (Å²) < 4.78 is 24.1. The molecule has 0 radical (unpaired) electrons. The van der Waals surface area contributed by atoms with E-state index in [1.807, 2.05) is 20.8 Å². The Hall–Kier alpha value is -0.0900. The standard InChI is InChI=1S/C17H35NO2S/c1-7-18-16-9-8-14(13(2)3)12-15(16)10-11-21(19,20)17(4,5)6/h13-16,18H,7-12H2,1-6H3. The summed E-state index contributed by atoms with van der Waals surface area (Å²) in [5, 5.41) is 3.57. The largest absolute Gasteiger partial charge is 0.314 e. The monoisotopic (exact) mass is 317 g/mol. The Balaban J connectivity index is 2.71. The van der Waals surface area contributed by atoms with Crippen LogP contribution in [0.3, 0.4) is 0 Å². The van der Waals surface area contributed by atoms with Crippen LogP contribution >= 0.6 is 0 Å². The average Bonchev–Trinajstić information content (AvgIpc) is 2.36. The summed E-state index contributed by atoms with van der Waals surface area (Å²) in [6, 6.07) is 0.500. The Morgan fingerprint density at radius 2 is 1.81 bits per heavy atom. The molecule has 0 heterocycles. The van der Waals surface area contributed by atoms with Gasteiger partial charge in [-0.25, -0.2) is 8.42 Å². The lowest BCUT2D eigenvalue weighted by Gasteiger charge is -2.38. The van der Waals surface area contributed by atoms with Crippen LogP contribution in [0.5, 0.6) is 0 Å². The van der Waals surface area contributed by atoms with Crippen molar-refractivity contribution in [1.82, 2.24) is 5.32 Å². The molecule has 0 saturated heterocycles. The van der Waals surface area contributed by atoms with E-state index < -0.39 is 14.6 Å². The molecular weight excluding hydrogens is 282 g/mol. The number of nitrogens with one attached hydrogen (secondary N) is 1. The molecule has 3 nitrogen and oxygen atoms in total. The molecule has 1 saturated carbocycles. The van der Waals surface area contributed by atoms with E-state index in [2.05, 4.69) is 26.1 Å². The second-order valence-electron chi connectivity index (χ2n) is 7.96. The zero-order chi connectivity index (χ0) is 16.3. The molecule has 0 spiro atoms. The van der Waals surface area contributed by atoms with E-state index in [0.29, 0.717) is 23.6 Å². The number of hydrogen-bond acceptors (Lipinski definition) is 3. The van der Waals surface area contributed by atoms with Gasteiger partial charge in [-0.2, -0.15) is 0 Å². The number of sulfone groups is 1. The SMILES string of the molecule is CCNC1CCC(C(C)C)CC1CCS(=O)(=O)C(C)(C)C. The van der Waals surface area contributed by atoms with Crippen molar-refractivity contribution in [3.8, 4) is 0 Å². The summed E-state index contributed by atoms with van der Waals surface area (Å²) in [5.41, 5.74) is 0. The Morgan fingerprint density at radius 1 is 1.19 bits per heavy atom. The first-order valence-electron chi connectivity index (χ1n) is 8.54. The van der Waals surface area contributed by atoms with Gasteiger partial charge in [0.2, 0.25) is 0 Å². The van der Waals surface area contributed by atoms with Crippen LogP contribution in [0.2, 0.25) is 0 Å². The molecule has 0 aliphatic heterocycles. The minimum absolute atomic E-state index is 0.327. The van der Waals surface area contributed by atoms with Crippen LogP contribution in [0.15, 0.2) is 0 Å². The summed E-state index contributed by atoms with van der Waals surface area (Å²) >= 11 is 0. The quantitative estimate of drug-likeness (QED) is 0.813. The van der Waals surface area contributed by atoms with Crippen LogP contribution in [-0.4, -0.2) is 31.5 Å². The first kappa shape index (κ1) is 19.0. The van der Waals surface area contributed by atoms with Crippen molar-refractivity contribution < 1.29 is 8.42 Å². The third kappa shape index (κ3) is 5.24. The van der Waals surface area contributed by atoms with Crippen LogP contribution in [-0.2, 0) is 9.84 Å². The highest BCUT2D eigenvalue weighted by Gasteiger charge is 2.34. The Morgan fingerprint density at radius 3 is 2.29 bits per heavy atom. The molecule has 3 unspecified atom stereocenters. The van der Waals surface area contributed by atoms with E-state index in [9.17, 15) is 8.42 Å². The zero-order valence-corrected chi connectivity index (χ0v) is 15.6. The lowest BCUT2D eigenvalue weighted by molar-refractivity contribution is 0.166. The van der Waals surface area contributed by atoms with Gasteiger partial charge in [-0.15, -0.1) is 0 Å². The van der Waals surface area contributed by atoms with Gasteiger partial charge in [0.05, 0.1) is 10.5 Å². The Labute approximate surface area is 132 Å². The van der Waals surface area contributed by atoms with Gasteiger partial charge in [-0.3, -0.25) is 0 Å². The average molecular weight is 318 g/mol. The van der Waals surface area contributed by atoms with Crippen LogP contribution in [0.25, 0.3) is 0 Å². The fourth-order valence-corrected chi connectivity index (χ4v) is 4.59. The molecule has 0 aromatic carbocycles. The minimum Gasteiger partial charge on any atom is -0.314 e. The summed E-state index contributed by atoms with van der Waals surface area (Å²) in [7, 11) is -3.00. The van der Waals surface area contributed by atoms with Gasteiger partial charge < -0.3 is 5.32 Å². The molecule has 1 rings (SSSR count). The molecule has 4 heteroatoms. The van der Waals surface area contributed by atoms with Crippen molar-refractivity contribution in [2.24, 2.45) is 17.8 Å². The van der Waals surface area contributed by atoms with Crippen LogP contribution < -0.4 is 5.32 Å². The summed E-state index contributed by atoms with van der Waals surface area (Å²) in [5.74, 6) is 2.29. The van der Waals surface area contributed by atoms with Gasteiger partial charge >= 0.3 is 0 Å². The fraction of sp³-hybridized carbons (Fsp3) is 1.00. The molecule has 0 aromatic heterocycles. The van der Waals surface area contributed by atoms with Crippen molar-refractivity contribution in [3.05, 3.63) is 0 Å². The molecule has 21 heavy (non-hydrogen) atoms. The molecule has 1 aliphatic carbocycles. The predicted octanol–water partition coefficient (Wildman–Crippen LogP) is 3.64. The number of rotatable bonds is 6. The van der Waals surface area contributed by atoms with E-state index in [4.69, 9.17) is 0 Å². The molecule has 0 bridgehead atoms. The summed E-state index contributed by atoms with van der Waals surface area (Å²) in [6.45, 7) is 13.1. The van der Waals surface area contributed by atoms with Gasteiger partial charge in [0.1, 0.15) is 0 Å². The van der Waals surface area contributed by atoms with Gasteiger partial charge in [-0.1, -0.05) is 20.8 Å². The van der Waals surface area contributed by atoms with Gasteiger partial charge in [0, 0.05) is 6.04 Å². The topological polar surface area (TPSA) is 46.2 Å². The van der Waals surface area contributed by atoms with Gasteiger partial charge in [0.25, 0.3) is 0 Å². The molecule has 126 valence electrons. The van der Waals surface area contributed by atoms with Crippen molar-refractivity contribution in [2.45, 2.75) is 78.0 Å². The first-order valence-corrected chi connectivity index (χ1v) is 10.2. The predicted molar refractivity (Wildman–Crippen MR) is 91.3 cm³/mol. The summed E-state index contributed by atoms with van der Waals surface area (Å²) in [4.78, 5) is 0. The smallest absolute Gasteiger partial charge is 0.155 e. The number of hydrogen-bond donors (Lipinski definition) is 1. The Kier molecular flexibility index (Phi) is 6.73. The van der Waals surface area contributed by atoms with Crippen molar-refractivity contribution in [1.29, 1.82) is 0 Å². The second-order valence-corrected chi connectivity index (χ2v) is 10.8. The molecule has 1 fully saturated rings. The minimum atomic E-state index is -3.00. The lowest BCUT2D eigenvalue weighted by Crippen LogP contribution is -2.42. The van der Waals surface area contributed by atoms with E-state index in [0.717, 1.165) is 18.9 Å². The molecule has 0 amide bonds. The maximum atomic E-state index is 12.4. The molecule has 1 N–H and O–H groups in total. The third-order valence-electron chi connectivity index (χ3n) is 5.12. The van der Waals surface area contributed by atoms with E-state index in [-0.39, 0.29) is 0 Å². The lowest BCUT2D eigenvalue weighted by atomic mass is 9.72. The van der Waals surface area contributed by atoms with E-state index in [1.165, 1.54) is 19.3 Å². The van der Waals surface area contributed by atoms with Crippen LogP contribution in [0, 0.1) is 17.8 Å². The van der Waals surface area contributed by atoms with Gasteiger partial charge in [0.15, 0.2) is 9.84 Å². The first-order chi connectivity index (χ1) is 9.58.